The van der Waals surface area contributed by atoms with E-state index in [0.29, 0.717) is 0 Å². The van der Waals surface area contributed by atoms with E-state index in [1.54, 1.807) is 0 Å². The molecule has 2 aliphatic rings. The van der Waals surface area contributed by atoms with E-state index in [1.807, 2.05) is 0 Å². The van der Waals surface area contributed by atoms with Crippen LogP contribution >= 0.6 is 19.0 Å². The Morgan fingerprint density at radius 2 is 1.60 bits per heavy atom. The Morgan fingerprint density at radius 1 is 1.10 bits per heavy atom. The molecule has 1 aliphatic carbocycles. The fourth-order valence-corrected chi connectivity index (χ4v) is 2.50. The Bertz CT molecular complexity index is 163. The van der Waals surface area contributed by atoms with E-state index >= 15 is 0 Å². The van der Waals surface area contributed by atoms with Gasteiger partial charge in [-0.25, -0.2) is 0 Å². The Morgan fingerprint density at radius 3 is 2.10 bits per heavy atom. The molecule has 2 rings (SSSR count). The molecule has 0 saturated carbocycles. The van der Waals surface area contributed by atoms with Crippen LogP contribution in [-0.2, 0) is 9.05 Å². The van der Waals surface area contributed by atoms with Crippen LogP contribution in [0.5, 0.6) is 0 Å². The zero-order chi connectivity index (χ0) is 6.97. The lowest BCUT2D eigenvalue weighted by atomic mass is 10.1. The Hall–Kier alpha value is 0.0600. The molecule has 0 aromatic carbocycles. The fraction of sp³-hybridized carbons (Fsp3) is 0.667. The van der Waals surface area contributed by atoms with Crippen molar-refractivity contribution in [1.82, 2.24) is 0 Å². The molecule has 4 heteroatoms. The summed E-state index contributed by atoms with van der Waals surface area (Å²) in [6.07, 6.45) is 4.45. The van der Waals surface area contributed by atoms with Gasteiger partial charge in [0.25, 0.3) is 0 Å². The number of halogens is 1. The highest BCUT2D eigenvalue weighted by molar-refractivity contribution is 7.76. The lowest BCUT2D eigenvalue weighted by Crippen LogP contribution is -1.94. The first kappa shape index (κ1) is 6.75. The summed E-state index contributed by atoms with van der Waals surface area (Å²) in [5, 5.41) is 0. The van der Waals surface area contributed by atoms with Crippen LogP contribution in [0.25, 0.3) is 0 Å². The third kappa shape index (κ3) is 1.11. The minimum absolute atomic E-state index is 1.01. The number of hydrogen-bond donors (Lipinski definition) is 0. The average molecular weight is 179 g/mol. The quantitative estimate of drug-likeness (QED) is 0.530. The molecule has 0 saturated heterocycles. The average Bonchev–Trinajstić information content (AvgIpc) is 2.27. The summed E-state index contributed by atoms with van der Waals surface area (Å²) >= 11 is 5.67. The van der Waals surface area contributed by atoms with Crippen molar-refractivity contribution in [1.29, 1.82) is 0 Å². The Balaban J connectivity index is 2.13. The maximum absolute atomic E-state index is 5.67. The molecule has 0 bridgehead atoms. The van der Waals surface area contributed by atoms with Gasteiger partial charge in [-0.3, -0.25) is 0 Å². The molecule has 10 heavy (non-hydrogen) atoms. The highest BCUT2D eigenvalue weighted by atomic mass is 35.7. The van der Waals surface area contributed by atoms with Gasteiger partial charge in [0, 0.05) is 12.8 Å². The number of rotatable bonds is 0. The first-order chi connectivity index (χ1) is 4.86. The summed E-state index contributed by atoms with van der Waals surface area (Å²) in [5.41, 5.74) is 0. The van der Waals surface area contributed by atoms with Crippen molar-refractivity contribution in [2.75, 3.05) is 0 Å². The third-order valence-electron chi connectivity index (χ3n) is 1.73. The van der Waals surface area contributed by atoms with E-state index in [4.69, 9.17) is 20.3 Å². The van der Waals surface area contributed by atoms with Crippen LogP contribution in [0, 0.1) is 0 Å². The highest BCUT2D eigenvalue weighted by Crippen LogP contribution is 2.56. The van der Waals surface area contributed by atoms with Crippen molar-refractivity contribution < 1.29 is 9.05 Å². The number of allylic oxidation sites excluding steroid dienone is 2. The molecule has 0 aromatic heterocycles. The number of hydrogen-bond acceptors (Lipinski definition) is 2. The monoisotopic (exact) mass is 178 g/mol. The lowest BCUT2D eigenvalue weighted by Gasteiger charge is -2.07. The minimum atomic E-state index is -1.12. The van der Waals surface area contributed by atoms with Crippen molar-refractivity contribution >= 4 is 19.0 Å². The van der Waals surface area contributed by atoms with Crippen LogP contribution in [0.4, 0.5) is 0 Å². The van der Waals surface area contributed by atoms with Crippen molar-refractivity contribution in [3.63, 3.8) is 0 Å². The molecule has 2 nitrogen and oxygen atoms in total. The molecule has 0 spiro atoms. The lowest BCUT2D eigenvalue weighted by molar-refractivity contribution is 0.425. The fourth-order valence-electron chi connectivity index (χ4n) is 1.23. The summed E-state index contributed by atoms with van der Waals surface area (Å²) in [4.78, 5) is 0. The molecular weight excluding hydrogens is 170 g/mol. The van der Waals surface area contributed by atoms with E-state index < -0.39 is 7.73 Å². The third-order valence-corrected chi connectivity index (χ3v) is 2.87. The van der Waals surface area contributed by atoms with Gasteiger partial charge in [0.15, 0.2) is 0 Å². The van der Waals surface area contributed by atoms with E-state index in [9.17, 15) is 0 Å². The van der Waals surface area contributed by atoms with E-state index in [2.05, 4.69) is 0 Å². The molecule has 56 valence electrons. The Kier molecular flexibility index (Phi) is 1.75. The zero-order valence-corrected chi connectivity index (χ0v) is 7.12. The molecule has 0 fully saturated rings. The molecule has 1 heterocycles. The standard InChI is InChI=1S/C6H8ClO2P/c7-10-8-5-3-1-2-4-6(5)9-10/h1-4H2. The predicted molar refractivity (Wildman–Crippen MR) is 40.4 cm³/mol. The van der Waals surface area contributed by atoms with Crippen molar-refractivity contribution in [2.24, 2.45) is 0 Å². The van der Waals surface area contributed by atoms with Gasteiger partial charge in [0.2, 0.25) is 0 Å². The highest BCUT2D eigenvalue weighted by Gasteiger charge is 2.28. The molecular formula is C6H8ClO2P. The second kappa shape index (κ2) is 2.60. The topological polar surface area (TPSA) is 18.5 Å². The first-order valence-electron chi connectivity index (χ1n) is 3.40. The van der Waals surface area contributed by atoms with Crippen LogP contribution in [0.2, 0.25) is 0 Å². The van der Waals surface area contributed by atoms with Gasteiger partial charge in [0.05, 0.1) is 0 Å². The predicted octanol–water partition coefficient (Wildman–Crippen LogP) is 3.28. The summed E-state index contributed by atoms with van der Waals surface area (Å²) in [5.74, 6) is 2.01. The van der Waals surface area contributed by atoms with Gasteiger partial charge >= 0.3 is 7.73 Å². The van der Waals surface area contributed by atoms with Gasteiger partial charge in [-0.2, -0.15) is 0 Å². The maximum Gasteiger partial charge on any atom is 0.400 e. The summed E-state index contributed by atoms with van der Waals surface area (Å²) in [6.45, 7) is 0. The first-order valence-corrected chi connectivity index (χ1v) is 5.48. The second-order valence-electron chi connectivity index (χ2n) is 2.45. The summed E-state index contributed by atoms with van der Waals surface area (Å²) in [6, 6.07) is 0. The molecule has 0 amide bonds. The summed E-state index contributed by atoms with van der Waals surface area (Å²) < 4.78 is 10.5. The van der Waals surface area contributed by atoms with Gasteiger partial charge in [-0.15, -0.1) is 0 Å². The molecule has 0 unspecified atom stereocenters. The Labute approximate surface area is 65.9 Å². The van der Waals surface area contributed by atoms with Crippen LogP contribution in [0.15, 0.2) is 11.5 Å². The van der Waals surface area contributed by atoms with Crippen LogP contribution in [-0.4, -0.2) is 0 Å². The van der Waals surface area contributed by atoms with Gasteiger partial charge in [-0.05, 0) is 24.1 Å². The van der Waals surface area contributed by atoms with Gasteiger partial charge < -0.3 is 9.05 Å². The molecule has 0 aromatic rings. The van der Waals surface area contributed by atoms with Crippen LogP contribution in [0.3, 0.4) is 0 Å². The van der Waals surface area contributed by atoms with Gasteiger partial charge in [-0.1, -0.05) is 0 Å². The van der Waals surface area contributed by atoms with E-state index in [1.165, 1.54) is 12.8 Å². The van der Waals surface area contributed by atoms with Crippen LogP contribution < -0.4 is 0 Å². The SMILES string of the molecule is ClP1OC2=C(CCCC2)O1. The largest absolute Gasteiger partial charge is 0.428 e. The zero-order valence-electron chi connectivity index (χ0n) is 5.47. The van der Waals surface area contributed by atoms with E-state index in [-0.39, 0.29) is 0 Å². The van der Waals surface area contributed by atoms with E-state index in [0.717, 1.165) is 24.4 Å². The van der Waals surface area contributed by atoms with Crippen molar-refractivity contribution in [2.45, 2.75) is 25.7 Å². The molecule has 0 radical (unpaired) electrons. The molecule has 1 aliphatic heterocycles. The van der Waals surface area contributed by atoms with Crippen LogP contribution in [0.1, 0.15) is 25.7 Å². The minimum Gasteiger partial charge on any atom is -0.428 e. The normalized spacial score (nSPS) is 25.7. The second-order valence-corrected chi connectivity index (χ2v) is 4.07. The van der Waals surface area contributed by atoms with Crippen molar-refractivity contribution in [3.05, 3.63) is 11.5 Å². The molecule has 0 atom stereocenters. The van der Waals surface area contributed by atoms with Gasteiger partial charge in [0.1, 0.15) is 11.5 Å². The van der Waals surface area contributed by atoms with Crippen molar-refractivity contribution in [3.8, 4) is 0 Å². The summed E-state index contributed by atoms with van der Waals surface area (Å²) in [7, 11) is -1.12. The maximum atomic E-state index is 5.67. The smallest absolute Gasteiger partial charge is 0.400 e. The molecule has 0 N–H and O–H groups in total.